The Morgan fingerprint density at radius 1 is 1.12 bits per heavy atom. The molecule has 4 fully saturated rings. The van der Waals surface area contributed by atoms with Crippen molar-refractivity contribution in [1.29, 1.82) is 0 Å². The van der Waals surface area contributed by atoms with Crippen LogP contribution in [0.3, 0.4) is 0 Å². The second kappa shape index (κ2) is 5.78. The molecule has 1 amide bonds. The summed E-state index contributed by atoms with van der Waals surface area (Å²) in [7, 11) is 0. The Morgan fingerprint density at radius 2 is 1.73 bits per heavy atom. The summed E-state index contributed by atoms with van der Waals surface area (Å²) in [5.74, 6) is 1.14. The molecular weight excluding hydrogens is 348 g/mol. The SMILES string of the molecule is O=C(O)Cn1c(=NC(=O)C23CC4CC(CC(C4)C2)C3)sc2ccccc21. The minimum Gasteiger partial charge on any atom is -0.480 e. The summed E-state index contributed by atoms with van der Waals surface area (Å²) in [4.78, 5) is 29.6. The van der Waals surface area contributed by atoms with Gasteiger partial charge in [0, 0.05) is 0 Å². The fourth-order valence-electron chi connectivity index (χ4n) is 5.97. The zero-order chi connectivity index (χ0) is 17.9. The molecule has 1 aromatic carbocycles. The molecule has 4 bridgehead atoms. The lowest BCUT2D eigenvalue weighted by molar-refractivity contribution is -0.143. The van der Waals surface area contributed by atoms with E-state index in [9.17, 15) is 14.7 Å². The summed E-state index contributed by atoms with van der Waals surface area (Å²) < 4.78 is 2.63. The van der Waals surface area contributed by atoms with E-state index in [1.165, 1.54) is 30.6 Å². The monoisotopic (exact) mass is 370 g/mol. The Balaban J connectivity index is 1.58. The maximum Gasteiger partial charge on any atom is 0.323 e. The standard InChI is InChI=1S/C20H22N2O3S/c23-17(24)11-22-15-3-1-2-4-16(15)26-19(22)21-18(25)20-8-12-5-13(9-20)7-14(6-12)10-20/h1-4,12-14H,5-11H2,(H,23,24). The molecule has 0 atom stereocenters. The molecule has 5 nitrogen and oxygen atoms in total. The highest BCUT2D eigenvalue weighted by Crippen LogP contribution is 2.60. The van der Waals surface area contributed by atoms with Gasteiger partial charge in [-0.2, -0.15) is 4.99 Å². The molecule has 1 heterocycles. The number of carbonyl (C=O) groups is 2. The van der Waals surface area contributed by atoms with E-state index in [0.29, 0.717) is 22.6 Å². The minimum absolute atomic E-state index is 0.0118. The van der Waals surface area contributed by atoms with E-state index in [0.717, 1.165) is 29.5 Å². The van der Waals surface area contributed by atoms with Gasteiger partial charge in [-0.05, 0) is 68.4 Å². The lowest BCUT2D eigenvalue weighted by Gasteiger charge is -2.55. The van der Waals surface area contributed by atoms with E-state index in [1.807, 2.05) is 24.3 Å². The zero-order valence-corrected chi connectivity index (χ0v) is 15.4. The van der Waals surface area contributed by atoms with Crippen molar-refractivity contribution in [2.24, 2.45) is 28.2 Å². The van der Waals surface area contributed by atoms with Crippen LogP contribution in [-0.2, 0) is 16.1 Å². The van der Waals surface area contributed by atoms with Gasteiger partial charge in [0.25, 0.3) is 5.91 Å². The van der Waals surface area contributed by atoms with Crippen LogP contribution in [0.5, 0.6) is 0 Å². The van der Waals surface area contributed by atoms with Gasteiger partial charge in [0.2, 0.25) is 0 Å². The number of amides is 1. The van der Waals surface area contributed by atoms with Gasteiger partial charge in [0.1, 0.15) is 6.54 Å². The summed E-state index contributed by atoms with van der Waals surface area (Å²) in [6.45, 7) is -0.170. The van der Waals surface area contributed by atoms with Gasteiger partial charge in [0.15, 0.2) is 4.80 Å². The van der Waals surface area contributed by atoms with Crippen LogP contribution in [0.25, 0.3) is 10.2 Å². The fraction of sp³-hybridized carbons (Fsp3) is 0.550. The lowest BCUT2D eigenvalue weighted by atomic mass is 9.49. The van der Waals surface area contributed by atoms with Gasteiger partial charge < -0.3 is 9.67 Å². The first kappa shape index (κ1) is 16.2. The van der Waals surface area contributed by atoms with Gasteiger partial charge in [-0.15, -0.1) is 0 Å². The average molecular weight is 370 g/mol. The number of fused-ring (bicyclic) bond motifs is 1. The molecule has 0 saturated heterocycles. The number of benzene rings is 1. The number of hydrogen-bond donors (Lipinski definition) is 1. The van der Waals surface area contributed by atoms with E-state index in [1.54, 1.807) is 4.57 Å². The molecule has 4 saturated carbocycles. The normalized spacial score (nSPS) is 33.1. The van der Waals surface area contributed by atoms with Crippen LogP contribution in [-0.4, -0.2) is 21.6 Å². The molecule has 4 aliphatic rings. The fourth-order valence-corrected chi connectivity index (χ4v) is 7.00. The van der Waals surface area contributed by atoms with Crippen molar-refractivity contribution in [2.75, 3.05) is 0 Å². The summed E-state index contributed by atoms with van der Waals surface area (Å²) in [5, 5.41) is 9.29. The smallest absolute Gasteiger partial charge is 0.323 e. The second-order valence-corrected chi connectivity index (χ2v) is 9.46. The number of hydrogen-bond acceptors (Lipinski definition) is 3. The highest BCUT2D eigenvalue weighted by molar-refractivity contribution is 7.16. The molecule has 6 rings (SSSR count). The molecule has 136 valence electrons. The highest BCUT2D eigenvalue weighted by atomic mass is 32.1. The Hall–Kier alpha value is -1.95. The van der Waals surface area contributed by atoms with Crippen LogP contribution in [0.15, 0.2) is 29.3 Å². The summed E-state index contributed by atoms with van der Waals surface area (Å²) in [5.41, 5.74) is 0.545. The van der Waals surface area contributed by atoms with Crippen molar-refractivity contribution >= 4 is 33.4 Å². The third-order valence-electron chi connectivity index (χ3n) is 6.57. The molecule has 26 heavy (non-hydrogen) atoms. The van der Waals surface area contributed by atoms with Crippen LogP contribution in [0.1, 0.15) is 38.5 Å². The van der Waals surface area contributed by atoms with Crippen LogP contribution in [0.4, 0.5) is 0 Å². The van der Waals surface area contributed by atoms with Crippen molar-refractivity contribution in [1.82, 2.24) is 4.57 Å². The predicted molar refractivity (Wildman–Crippen MR) is 98.6 cm³/mol. The van der Waals surface area contributed by atoms with Gasteiger partial charge >= 0.3 is 5.97 Å². The molecule has 0 spiro atoms. The molecule has 0 unspecified atom stereocenters. The number of rotatable bonds is 3. The van der Waals surface area contributed by atoms with Crippen molar-refractivity contribution in [3.8, 4) is 0 Å². The minimum atomic E-state index is -0.919. The molecule has 1 aromatic heterocycles. The van der Waals surface area contributed by atoms with E-state index >= 15 is 0 Å². The first-order valence-corrected chi connectivity index (χ1v) is 10.2. The molecule has 0 aliphatic heterocycles. The molecule has 0 radical (unpaired) electrons. The third kappa shape index (κ3) is 2.54. The Bertz CT molecular complexity index is 936. The quantitative estimate of drug-likeness (QED) is 0.900. The number of carbonyl (C=O) groups excluding carboxylic acids is 1. The molecule has 6 heteroatoms. The van der Waals surface area contributed by atoms with Crippen molar-refractivity contribution in [3.05, 3.63) is 29.1 Å². The molecular formula is C20H22N2O3S. The van der Waals surface area contributed by atoms with Crippen LogP contribution < -0.4 is 4.80 Å². The van der Waals surface area contributed by atoms with E-state index in [2.05, 4.69) is 4.99 Å². The zero-order valence-electron chi connectivity index (χ0n) is 14.6. The number of thiazole rings is 1. The van der Waals surface area contributed by atoms with Gasteiger partial charge in [-0.1, -0.05) is 23.5 Å². The second-order valence-electron chi connectivity index (χ2n) is 8.45. The Morgan fingerprint density at radius 3 is 2.35 bits per heavy atom. The van der Waals surface area contributed by atoms with Crippen molar-refractivity contribution in [2.45, 2.75) is 45.1 Å². The predicted octanol–water partition coefficient (Wildman–Crippen LogP) is 3.43. The summed E-state index contributed by atoms with van der Waals surface area (Å²) in [6, 6.07) is 7.66. The first-order chi connectivity index (χ1) is 12.5. The van der Waals surface area contributed by atoms with Gasteiger partial charge in [-0.3, -0.25) is 9.59 Å². The van der Waals surface area contributed by atoms with Crippen LogP contribution in [0, 0.1) is 23.2 Å². The highest BCUT2D eigenvalue weighted by Gasteiger charge is 2.54. The van der Waals surface area contributed by atoms with E-state index in [4.69, 9.17) is 0 Å². The number of aromatic nitrogens is 1. The topological polar surface area (TPSA) is 71.7 Å². The number of para-hydroxylation sites is 1. The maximum absolute atomic E-state index is 13.3. The van der Waals surface area contributed by atoms with Crippen LogP contribution in [0.2, 0.25) is 0 Å². The Labute approximate surface area is 155 Å². The van der Waals surface area contributed by atoms with Crippen molar-refractivity contribution < 1.29 is 14.7 Å². The summed E-state index contributed by atoms with van der Waals surface area (Å²) in [6.07, 6.45) is 6.79. The van der Waals surface area contributed by atoms with E-state index < -0.39 is 5.97 Å². The van der Waals surface area contributed by atoms with E-state index in [-0.39, 0.29) is 17.9 Å². The largest absolute Gasteiger partial charge is 0.480 e. The Kier molecular flexibility index (Phi) is 3.61. The molecule has 2 aromatic rings. The van der Waals surface area contributed by atoms with Crippen molar-refractivity contribution in [3.63, 3.8) is 0 Å². The molecule has 1 N–H and O–H groups in total. The summed E-state index contributed by atoms with van der Waals surface area (Å²) >= 11 is 1.41. The number of aliphatic carboxylic acids is 1. The van der Waals surface area contributed by atoms with Gasteiger partial charge in [0.05, 0.1) is 15.6 Å². The number of carboxylic acid groups (broad SMARTS) is 1. The third-order valence-corrected chi connectivity index (χ3v) is 7.63. The maximum atomic E-state index is 13.3. The number of nitrogens with zero attached hydrogens (tertiary/aromatic N) is 2. The lowest BCUT2D eigenvalue weighted by Crippen LogP contribution is -2.50. The van der Waals surface area contributed by atoms with Crippen LogP contribution >= 0.6 is 11.3 Å². The average Bonchev–Trinajstić information content (AvgIpc) is 2.90. The number of carboxylic acids is 1. The first-order valence-electron chi connectivity index (χ1n) is 9.42. The molecule has 4 aliphatic carbocycles. The van der Waals surface area contributed by atoms with Gasteiger partial charge in [-0.25, -0.2) is 0 Å².